The fourth-order valence-electron chi connectivity index (χ4n) is 5.33. The van der Waals surface area contributed by atoms with E-state index in [1.165, 1.54) is 5.56 Å². The number of para-hydroxylation sites is 1. The molecule has 170 valence electrons. The van der Waals surface area contributed by atoms with Gasteiger partial charge in [-0.25, -0.2) is 0 Å². The topological polar surface area (TPSA) is 38.3 Å². The van der Waals surface area contributed by atoms with E-state index in [9.17, 15) is 4.79 Å². The average Bonchev–Trinajstić information content (AvgIpc) is 3.19. The van der Waals surface area contributed by atoms with Crippen molar-refractivity contribution in [2.75, 3.05) is 7.11 Å². The molecule has 0 saturated heterocycles. The maximum Gasteiger partial charge on any atom is 0.235 e. The average molecular weight is 448 g/mol. The highest BCUT2D eigenvalue weighted by Gasteiger charge is 2.48. The molecule has 1 aliphatic rings. The van der Waals surface area contributed by atoms with Crippen molar-refractivity contribution in [2.24, 2.45) is 0 Å². The number of nitrogens with one attached hydrogen (secondary N) is 1. The Bertz CT molecular complexity index is 1250. The summed E-state index contributed by atoms with van der Waals surface area (Å²) in [4.78, 5) is 14.2. The molecule has 0 bridgehead atoms. The number of ether oxygens (including phenoxy) is 1. The Labute approximate surface area is 201 Å². The van der Waals surface area contributed by atoms with Crippen LogP contribution in [0.5, 0.6) is 5.75 Å². The van der Waals surface area contributed by atoms with Gasteiger partial charge < -0.3 is 10.1 Å². The van der Waals surface area contributed by atoms with Crippen molar-refractivity contribution in [3.63, 3.8) is 0 Å². The van der Waals surface area contributed by atoms with Gasteiger partial charge in [0.25, 0.3) is 0 Å². The lowest BCUT2D eigenvalue weighted by atomic mass is 9.73. The molecule has 0 heterocycles. The molecular formula is C31H29NO2. The minimum absolute atomic E-state index is 0.0452. The quantitative estimate of drug-likeness (QED) is 0.344. The van der Waals surface area contributed by atoms with Gasteiger partial charge in [0.15, 0.2) is 0 Å². The van der Waals surface area contributed by atoms with Gasteiger partial charge >= 0.3 is 0 Å². The normalized spacial score (nSPS) is 13.1. The van der Waals surface area contributed by atoms with Crippen molar-refractivity contribution >= 4 is 5.91 Å². The zero-order valence-electron chi connectivity index (χ0n) is 19.5. The summed E-state index contributed by atoms with van der Waals surface area (Å²) in [6, 6.07) is 35.1. The highest BCUT2D eigenvalue weighted by Crippen LogP contribution is 2.51. The summed E-state index contributed by atoms with van der Waals surface area (Å²) in [6.45, 7) is 0.424. The number of carbonyl (C=O) groups excluding carboxylic acids is 1. The van der Waals surface area contributed by atoms with Crippen LogP contribution in [0.2, 0.25) is 0 Å². The first-order chi connectivity index (χ1) is 16.7. The zero-order chi connectivity index (χ0) is 23.4. The van der Waals surface area contributed by atoms with E-state index >= 15 is 0 Å². The van der Waals surface area contributed by atoms with Gasteiger partial charge in [0.05, 0.1) is 7.11 Å². The lowest BCUT2D eigenvalue weighted by Crippen LogP contribution is -2.44. The second-order valence-electron chi connectivity index (χ2n) is 8.83. The molecular weight excluding hydrogens is 418 g/mol. The summed E-state index contributed by atoms with van der Waals surface area (Å²) in [6.07, 6.45) is 2.59. The molecule has 0 spiro atoms. The first kappa shape index (κ1) is 22.0. The van der Waals surface area contributed by atoms with Crippen LogP contribution in [0.3, 0.4) is 0 Å². The van der Waals surface area contributed by atoms with Crippen molar-refractivity contribution in [1.82, 2.24) is 5.32 Å². The van der Waals surface area contributed by atoms with Gasteiger partial charge in [-0.3, -0.25) is 4.79 Å². The van der Waals surface area contributed by atoms with Gasteiger partial charge in [0, 0.05) is 12.1 Å². The lowest BCUT2D eigenvalue weighted by molar-refractivity contribution is -0.125. The molecule has 3 heteroatoms. The summed E-state index contributed by atoms with van der Waals surface area (Å²) in [7, 11) is 1.66. The molecule has 0 radical (unpaired) electrons. The molecule has 1 N–H and O–H groups in total. The van der Waals surface area contributed by atoms with Crippen molar-refractivity contribution in [3.8, 4) is 16.9 Å². The molecule has 0 unspecified atom stereocenters. The molecule has 5 rings (SSSR count). The van der Waals surface area contributed by atoms with E-state index in [4.69, 9.17) is 4.74 Å². The number of hydrogen-bond acceptors (Lipinski definition) is 2. The van der Waals surface area contributed by atoms with Crippen LogP contribution in [0, 0.1) is 0 Å². The van der Waals surface area contributed by atoms with E-state index in [0.29, 0.717) is 6.54 Å². The molecule has 0 saturated carbocycles. The SMILES string of the molecule is COc1ccccc1CNC(=O)C1(CCCc2ccccc2)c2ccccc2-c2ccccc21. The second kappa shape index (κ2) is 9.56. The van der Waals surface area contributed by atoms with E-state index in [1.807, 2.05) is 42.5 Å². The van der Waals surface area contributed by atoms with Gasteiger partial charge in [-0.05, 0) is 53.1 Å². The van der Waals surface area contributed by atoms with Crippen LogP contribution in [0.25, 0.3) is 11.1 Å². The Kier molecular flexibility index (Phi) is 6.18. The Morgan fingerprint density at radius 2 is 1.35 bits per heavy atom. The van der Waals surface area contributed by atoms with E-state index < -0.39 is 5.41 Å². The number of methoxy groups -OCH3 is 1. The Morgan fingerprint density at radius 1 is 0.765 bits per heavy atom. The fraction of sp³-hybridized carbons (Fsp3) is 0.194. The Morgan fingerprint density at radius 3 is 2.03 bits per heavy atom. The zero-order valence-corrected chi connectivity index (χ0v) is 19.5. The summed E-state index contributed by atoms with van der Waals surface area (Å²) >= 11 is 0. The summed E-state index contributed by atoms with van der Waals surface area (Å²) in [5, 5.41) is 3.27. The van der Waals surface area contributed by atoms with Gasteiger partial charge in [-0.2, -0.15) is 0 Å². The van der Waals surface area contributed by atoms with Crippen LogP contribution >= 0.6 is 0 Å². The van der Waals surface area contributed by atoms with Crippen LogP contribution in [-0.4, -0.2) is 13.0 Å². The third-order valence-electron chi connectivity index (χ3n) is 6.94. The van der Waals surface area contributed by atoms with Gasteiger partial charge in [-0.15, -0.1) is 0 Å². The smallest absolute Gasteiger partial charge is 0.235 e. The number of carbonyl (C=O) groups is 1. The molecule has 4 aromatic rings. The lowest BCUT2D eigenvalue weighted by Gasteiger charge is -2.31. The predicted molar refractivity (Wildman–Crippen MR) is 137 cm³/mol. The molecule has 0 aromatic heterocycles. The molecule has 1 aliphatic carbocycles. The first-order valence-corrected chi connectivity index (χ1v) is 11.9. The summed E-state index contributed by atoms with van der Waals surface area (Å²) < 4.78 is 5.50. The van der Waals surface area contributed by atoms with Crippen molar-refractivity contribution in [2.45, 2.75) is 31.2 Å². The Hall–Kier alpha value is -3.85. The highest BCUT2D eigenvalue weighted by atomic mass is 16.5. The second-order valence-corrected chi connectivity index (χ2v) is 8.83. The molecule has 3 nitrogen and oxygen atoms in total. The fourth-order valence-corrected chi connectivity index (χ4v) is 5.33. The van der Waals surface area contributed by atoms with E-state index in [0.717, 1.165) is 52.8 Å². The molecule has 1 amide bonds. The molecule has 34 heavy (non-hydrogen) atoms. The van der Waals surface area contributed by atoms with Crippen LogP contribution in [0.15, 0.2) is 103 Å². The van der Waals surface area contributed by atoms with Crippen molar-refractivity contribution in [1.29, 1.82) is 0 Å². The van der Waals surface area contributed by atoms with Crippen LogP contribution in [-0.2, 0) is 23.2 Å². The molecule has 4 aromatic carbocycles. The monoisotopic (exact) mass is 447 g/mol. The number of amides is 1. The number of aryl methyl sites for hydroxylation is 1. The van der Waals surface area contributed by atoms with Gasteiger partial charge in [0.1, 0.15) is 11.2 Å². The van der Waals surface area contributed by atoms with Crippen molar-refractivity contribution in [3.05, 3.63) is 125 Å². The van der Waals surface area contributed by atoms with E-state index in [1.54, 1.807) is 7.11 Å². The minimum atomic E-state index is -0.718. The third-order valence-corrected chi connectivity index (χ3v) is 6.94. The highest BCUT2D eigenvalue weighted by molar-refractivity contribution is 6.00. The predicted octanol–water partition coefficient (Wildman–Crippen LogP) is 6.30. The van der Waals surface area contributed by atoms with Gasteiger partial charge in [0.2, 0.25) is 5.91 Å². The van der Waals surface area contributed by atoms with Crippen LogP contribution < -0.4 is 10.1 Å². The number of benzene rings is 4. The summed E-state index contributed by atoms with van der Waals surface area (Å²) in [5.41, 5.74) is 6.06. The van der Waals surface area contributed by atoms with E-state index in [2.05, 4.69) is 66.0 Å². The number of hydrogen-bond donors (Lipinski definition) is 1. The first-order valence-electron chi connectivity index (χ1n) is 11.9. The van der Waals surface area contributed by atoms with Gasteiger partial charge in [-0.1, -0.05) is 97.1 Å². The van der Waals surface area contributed by atoms with Crippen LogP contribution in [0.1, 0.15) is 35.1 Å². The minimum Gasteiger partial charge on any atom is -0.496 e. The maximum atomic E-state index is 14.2. The molecule has 0 fully saturated rings. The Balaban J connectivity index is 1.51. The molecule has 0 atom stereocenters. The maximum absolute atomic E-state index is 14.2. The standard InChI is InChI=1S/C31H29NO2/c1-34-29-20-10-5-15-24(29)22-32-30(33)31(21-11-14-23-12-3-2-4-13-23)27-18-8-6-16-25(27)26-17-7-9-19-28(26)31/h2-10,12-13,15-20H,11,14,21-22H2,1H3,(H,32,33). The van der Waals surface area contributed by atoms with E-state index in [-0.39, 0.29) is 5.91 Å². The number of rotatable bonds is 8. The number of fused-ring (bicyclic) bond motifs is 3. The van der Waals surface area contributed by atoms with Crippen LogP contribution in [0.4, 0.5) is 0 Å². The van der Waals surface area contributed by atoms with Crippen molar-refractivity contribution < 1.29 is 9.53 Å². The molecule has 0 aliphatic heterocycles. The third kappa shape index (κ3) is 3.88. The largest absolute Gasteiger partial charge is 0.496 e. The summed E-state index contributed by atoms with van der Waals surface area (Å²) in [5.74, 6) is 0.831.